The molecule has 170 valence electrons. The third kappa shape index (κ3) is 4.61. The lowest BCUT2D eigenvalue weighted by atomic mass is 9.81. The average molecular weight is 440 g/mol. The Morgan fingerprint density at radius 3 is 2.34 bits per heavy atom. The minimum Gasteiger partial charge on any atom is -0.454 e. The molecule has 1 saturated carbocycles. The molecule has 0 aromatic heterocycles. The van der Waals surface area contributed by atoms with Gasteiger partial charge in [0.25, 0.3) is 5.91 Å². The molecule has 1 fully saturated rings. The number of fused-ring (bicyclic) bond motifs is 2. The van der Waals surface area contributed by atoms with E-state index in [1.165, 1.54) is 0 Å². The molecule has 0 spiro atoms. The van der Waals surface area contributed by atoms with Crippen molar-refractivity contribution >= 4 is 5.91 Å². The number of ether oxygens (including phenoxy) is 4. The van der Waals surface area contributed by atoms with Crippen LogP contribution < -0.4 is 29.6 Å². The molecule has 32 heavy (non-hydrogen) atoms. The van der Waals surface area contributed by atoms with E-state index in [0.717, 1.165) is 37.8 Å². The van der Waals surface area contributed by atoms with Gasteiger partial charge in [0.15, 0.2) is 23.0 Å². The van der Waals surface area contributed by atoms with Crippen LogP contribution in [0, 0.1) is 11.8 Å². The van der Waals surface area contributed by atoms with Crippen LogP contribution >= 0.6 is 0 Å². The largest absolute Gasteiger partial charge is 0.454 e. The van der Waals surface area contributed by atoms with Crippen molar-refractivity contribution in [3.05, 3.63) is 47.5 Å². The number of aliphatic hydroxyl groups is 1. The fourth-order valence-electron chi connectivity index (χ4n) is 4.63. The lowest BCUT2D eigenvalue weighted by Gasteiger charge is -2.30. The Morgan fingerprint density at radius 2 is 1.56 bits per heavy atom. The Kier molecular flexibility index (Phi) is 6.05. The van der Waals surface area contributed by atoms with E-state index in [0.29, 0.717) is 46.9 Å². The molecule has 8 nitrogen and oxygen atoms in total. The number of rotatable bonds is 7. The second-order valence-corrected chi connectivity index (χ2v) is 8.60. The summed E-state index contributed by atoms with van der Waals surface area (Å²) in [4.78, 5) is 12.5. The number of hydrogen-bond acceptors (Lipinski definition) is 7. The summed E-state index contributed by atoms with van der Waals surface area (Å²) in [5.74, 6) is 3.45. The molecule has 3 atom stereocenters. The van der Waals surface area contributed by atoms with Crippen LogP contribution in [0.4, 0.5) is 0 Å². The summed E-state index contributed by atoms with van der Waals surface area (Å²) in [5, 5.41) is 16.8. The van der Waals surface area contributed by atoms with Crippen molar-refractivity contribution in [1.82, 2.24) is 10.6 Å². The molecule has 3 N–H and O–H groups in total. The number of amides is 1. The Labute approximate surface area is 186 Å². The minimum atomic E-state index is -0.754. The molecule has 2 heterocycles. The highest BCUT2D eigenvalue weighted by Gasteiger charge is 2.24. The number of aliphatic hydroxyl groups excluding tert-OH is 1. The van der Waals surface area contributed by atoms with E-state index in [1.54, 1.807) is 18.2 Å². The van der Waals surface area contributed by atoms with Gasteiger partial charge in [-0.3, -0.25) is 10.1 Å². The van der Waals surface area contributed by atoms with Crippen LogP contribution in [-0.2, 0) is 0 Å². The van der Waals surface area contributed by atoms with Gasteiger partial charge in [-0.15, -0.1) is 0 Å². The monoisotopic (exact) mass is 440 g/mol. The number of benzene rings is 2. The molecule has 2 aromatic carbocycles. The maximum atomic E-state index is 12.5. The Morgan fingerprint density at radius 1 is 0.906 bits per heavy atom. The van der Waals surface area contributed by atoms with Crippen LogP contribution in [0.3, 0.4) is 0 Å². The summed E-state index contributed by atoms with van der Waals surface area (Å²) in [6, 6.07) is 10.7. The van der Waals surface area contributed by atoms with E-state index < -0.39 is 6.23 Å². The van der Waals surface area contributed by atoms with Crippen LogP contribution in [0.15, 0.2) is 36.4 Å². The number of carbonyl (C=O) groups is 1. The molecular weight excluding hydrogens is 412 g/mol. The van der Waals surface area contributed by atoms with Crippen molar-refractivity contribution in [2.45, 2.75) is 31.9 Å². The number of hydrogen-bond donors (Lipinski definition) is 3. The van der Waals surface area contributed by atoms with Gasteiger partial charge in [-0.25, -0.2) is 0 Å². The molecule has 0 bridgehead atoms. The van der Waals surface area contributed by atoms with Crippen molar-refractivity contribution in [2.24, 2.45) is 11.8 Å². The first-order chi connectivity index (χ1) is 15.7. The highest BCUT2D eigenvalue weighted by molar-refractivity contribution is 5.94. The van der Waals surface area contributed by atoms with Crippen LogP contribution in [0.1, 0.15) is 47.8 Å². The molecule has 0 saturated heterocycles. The van der Waals surface area contributed by atoms with Crippen molar-refractivity contribution in [1.29, 1.82) is 0 Å². The number of nitrogens with one attached hydrogen (secondary N) is 2. The second kappa shape index (κ2) is 9.26. The Balaban J connectivity index is 1.08. The molecule has 5 rings (SSSR count). The maximum Gasteiger partial charge on any atom is 0.251 e. The van der Waals surface area contributed by atoms with E-state index in [4.69, 9.17) is 18.9 Å². The molecule has 0 radical (unpaired) electrons. The SMILES string of the molecule is O=C(NCC1CCCC(CNC(O)c2ccc3c(c2)OCO3)C1)c1ccc2c(c1)OCO2. The van der Waals surface area contributed by atoms with E-state index in [2.05, 4.69) is 10.6 Å². The van der Waals surface area contributed by atoms with Gasteiger partial charge >= 0.3 is 0 Å². The molecule has 2 aromatic rings. The minimum absolute atomic E-state index is 0.0956. The Bertz CT molecular complexity index is 981. The van der Waals surface area contributed by atoms with Gasteiger partial charge in [-0.2, -0.15) is 0 Å². The zero-order valence-electron chi connectivity index (χ0n) is 17.8. The summed E-state index contributed by atoms with van der Waals surface area (Å²) < 4.78 is 21.4. The van der Waals surface area contributed by atoms with Crippen LogP contribution in [0.2, 0.25) is 0 Å². The topological polar surface area (TPSA) is 98.3 Å². The van der Waals surface area contributed by atoms with Gasteiger partial charge < -0.3 is 29.4 Å². The number of carbonyl (C=O) groups excluding carboxylic acids is 1. The predicted molar refractivity (Wildman–Crippen MR) is 116 cm³/mol. The summed E-state index contributed by atoms with van der Waals surface area (Å²) >= 11 is 0. The Hall–Kier alpha value is -2.97. The normalized spacial score (nSPS) is 21.9. The maximum absolute atomic E-state index is 12.5. The van der Waals surface area contributed by atoms with E-state index in [9.17, 15) is 9.90 Å². The van der Waals surface area contributed by atoms with Gasteiger partial charge in [0.2, 0.25) is 13.6 Å². The standard InChI is InChI=1S/C24H28N2O6/c27-23(17-4-6-19-21(9-17)31-13-29-19)25-11-15-2-1-3-16(8-15)12-26-24(28)18-5-7-20-22(10-18)32-14-30-20/h4-7,9-10,15-16,23,25,27H,1-3,8,11-14H2,(H,26,28). The fourth-order valence-corrected chi connectivity index (χ4v) is 4.63. The first kappa shape index (κ1) is 20.9. The van der Waals surface area contributed by atoms with Crippen molar-refractivity contribution in [3.63, 3.8) is 0 Å². The van der Waals surface area contributed by atoms with E-state index in [1.807, 2.05) is 18.2 Å². The third-order valence-corrected chi connectivity index (χ3v) is 6.39. The predicted octanol–water partition coefficient (Wildman–Crippen LogP) is 2.96. The van der Waals surface area contributed by atoms with Gasteiger partial charge in [-0.1, -0.05) is 12.5 Å². The molecule has 1 aliphatic carbocycles. The average Bonchev–Trinajstić information content (AvgIpc) is 3.49. The summed E-state index contributed by atoms with van der Waals surface area (Å²) in [6.07, 6.45) is 3.60. The van der Waals surface area contributed by atoms with E-state index >= 15 is 0 Å². The van der Waals surface area contributed by atoms with Crippen molar-refractivity contribution in [3.8, 4) is 23.0 Å². The van der Waals surface area contributed by atoms with Crippen molar-refractivity contribution in [2.75, 3.05) is 26.7 Å². The zero-order chi connectivity index (χ0) is 21.9. The second-order valence-electron chi connectivity index (χ2n) is 8.60. The zero-order valence-corrected chi connectivity index (χ0v) is 17.8. The van der Waals surface area contributed by atoms with Gasteiger partial charge in [0.1, 0.15) is 6.23 Å². The highest BCUT2D eigenvalue weighted by atomic mass is 16.7. The molecule has 3 unspecified atom stereocenters. The van der Waals surface area contributed by atoms with Crippen LogP contribution in [0.25, 0.3) is 0 Å². The van der Waals surface area contributed by atoms with E-state index in [-0.39, 0.29) is 19.5 Å². The lowest BCUT2D eigenvalue weighted by Crippen LogP contribution is -2.35. The summed E-state index contributed by atoms with van der Waals surface area (Å²) in [7, 11) is 0. The van der Waals surface area contributed by atoms with Gasteiger partial charge in [-0.05, 0) is 67.0 Å². The third-order valence-electron chi connectivity index (χ3n) is 6.39. The molecule has 2 aliphatic heterocycles. The summed E-state index contributed by atoms with van der Waals surface area (Å²) in [5.41, 5.74) is 1.34. The molecule has 3 aliphatic rings. The van der Waals surface area contributed by atoms with Crippen LogP contribution in [0.5, 0.6) is 23.0 Å². The lowest BCUT2D eigenvalue weighted by molar-refractivity contribution is 0.0936. The molecule has 8 heteroatoms. The molecular formula is C24H28N2O6. The quantitative estimate of drug-likeness (QED) is 0.570. The van der Waals surface area contributed by atoms with Gasteiger partial charge in [0, 0.05) is 18.7 Å². The first-order valence-electron chi connectivity index (χ1n) is 11.1. The fraction of sp³-hybridized carbons (Fsp3) is 0.458. The van der Waals surface area contributed by atoms with Gasteiger partial charge in [0.05, 0.1) is 0 Å². The highest BCUT2D eigenvalue weighted by Crippen LogP contribution is 2.35. The smallest absolute Gasteiger partial charge is 0.251 e. The summed E-state index contributed by atoms with van der Waals surface area (Å²) in [6.45, 7) is 1.79. The van der Waals surface area contributed by atoms with Crippen LogP contribution in [-0.4, -0.2) is 37.7 Å². The molecule has 1 amide bonds. The van der Waals surface area contributed by atoms with Crippen molar-refractivity contribution < 1.29 is 28.8 Å². The first-order valence-corrected chi connectivity index (χ1v) is 11.1.